The van der Waals surface area contributed by atoms with Crippen molar-refractivity contribution in [3.05, 3.63) is 71.1 Å². The van der Waals surface area contributed by atoms with Gasteiger partial charge >= 0.3 is 6.09 Å². The first kappa shape index (κ1) is 26.0. The maximum atomic E-state index is 15.3. The molecule has 3 aromatic carbocycles. The summed E-state index contributed by atoms with van der Waals surface area (Å²) in [6, 6.07) is 14.4. The molecule has 6 atom stereocenters. The van der Waals surface area contributed by atoms with E-state index in [4.69, 9.17) is 9.72 Å². The topological polar surface area (TPSA) is 98.9 Å². The quantitative estimate of drug-likeness (QED) is 0.201. The highest BCUT2D eigenvalue weighted by molar-refractivity contribution is 6.04. The Kier molecular flexibility index (Phi) is 5.35. The summed E-state index contributed by atoms with van der Waals surface area (Å²) < 4.78 is 20.9. The molecule has 2 aliphatic heterocycles. The van der Waals surface area contributed by atoms with Crippen LogP contribution in [0.25, 0.3) is 32.8 Å². The third-order valence-corrected chi connectivity index (χ3v) is 9.63. The van der Waals surface area contributed by atoms with Crippen molar-refractivity contribution < 1.29 is 13.9 Å². The molecular weight excluding hydrogens is 555 g/mol. The number of ether oxygens (including phenoxy) is 1. The smallest absolute Gasteiger partial charge is 0.411 e. The molecule has 1 amide bonds. The number of fused-ring (bicyclic) bond motifs is 6. The first-order chi connectivity index (χ1) is 21.2. The Balaban J connectivity index is 0.986. The van der Waals surface area contributed by atoms with Crippen LogP contribution in [0.5, 0.6) is 0 Å². The van der Waals surface area contributed by atoms with Gasteiger partial charge in [0.05, 0.1) is 28.6 Å². The number of aromatic nitrogens is 4. The summed E-state index contributed by atoms with van der Waals surface area (Å²) in [7, 11) is 0. The average Bonchev–Trinajstić information content (AvgIpc) is 3.59. The molecule has 2 aliphatic carbocycles. The number of carbonyl (C=O) groups is 1. The highest BCUT2D eigenvalue weighted by Gasteiger charge is 2.56. The van der Waals surface area contributed by atoms with Gasteiger partial charge in [0.25, 0.3) is 0 Å². The Labute approximate surface area is 253 Å². The van der Waals surface area contributed by atoms with Gasteiger partial charge < -0.3 is 20.0 Å². The fraction of sp³-hybridized carbons (Fsp3) is 0.400. The van der Waals surface area contributed by atoms with Crippen molar-refractivity contribution in [2.45, 2.75) is 76.2 Å². The number of benzene rings is 3. The van der Waals surface area contributed by atoms with Crippen LogP contribution in [0, 0.1) is 29.5 Å². The summed E-state index contributed by atoms with van der Waals surface area (Å²) in [6.45, 7) is 5.59. The number of hydrogen-bond donors (Lipinski definition) is 3. The summed E-state index contributed by atoms with van der Waals surface area (Å²) in [5.41, 5.74) is 3.65. The molecule has 4 aliphatic rings. The lowest BCUT2D eigenvalue weighted by atomic mass is 10.1. The molecule has 0 bridgehead atoms. The summed E-state index contributed by atoms with van der Waals surface area (Å²) in [5.74, 6) is 8.77. The maximum absolute atomic E-state index is 15.3. The van der Waals surface area contributed by atoms with E-state index < -0.39 is 11.4 Å². The minimum absolute atomic E-state index is 0.164. The lowest BCUT2D eigenvalue weighted by Gasteiger charge is -2.29. The number of likely N-dealkylation sites (tertiary alicyclic amines) is 1. The lowest BCUT2D eigenvalue weighted by molar-refractivity contribution is 0.0175. The first-order valence-electron chi connectivity index (χ1n) is 15.6. The SMILES string of the molecule is CC(C)(C)OC(=O)N1C2CC2C[C@H]1c1nc2c(F)cc(C#Cc3ccc4c(ccc5[nH]c(C6C[C@H]7C[C@H]7N6)nc54)c3)cc2[nH]1. The molecule has 4 heterocycles. The number of nitrogens with one attached hydrogen (secondary N) is 3. The van der Waals surface area contributed by atoms with E-state index in [1.54, 1.807) is 4.90 Å². The number of carbonyl (C=O) groups excluding carboxylic acids is 1. The number of piperidine rings is 2. The third kappa shape index (κ3) is 4.34. The van der Waals surface area contributed by atoms with Crippen molar-refractivity contribution in [3.63, 3.8) is 0 Å². The van der Waals surface area contributed by atoms with Gasteiger partial charge in [-0.05, 0) is 94.0 Å². The predicted octanol–water partition coefficient (Wildman–Crippen LogP) is 6.62. The van der Waals surface area contributed by atoms with Crippen LogP contribution in [0.1, 0.15) is 81.3 Å². The van der Waals surface area contributed by atoms with Gasteiger partial charge in [0.15, 0.2) is 5.82 Å². The molecule has 2 aromatic heterocycles. The molecule has 44 heavy (non-hydrogen) atoms. The minimum Gasteiger partial charge on any atom is -0.444 e. The molecule has 3 unspecified atom stereocenters. The maximum Gasteiger partial charge on any atom is 0.411 e. The molecule has 2 saturated heterocycles. The number of hydrogen-bond acceptors (Lipinski definition) is 5. The zero-order valence-electron chi connectivity index (χ0n) is 24.9. The van der Waals surface area contributed by atoms with Crippen LogP contribution in [0.2, 0.25) is 0 Å². The molecular formula is C35H33FN6O2. The monoisotopic (exact) mass is 588 g/mol. The van der Waals surface area contributed by atoms with Gasteiger partial charge in [-0.1, -0.05) is 24.0 Å². The Morgan fingerprint density at radius 1 is 0.909 bits per heavy atom. The van der Waals surface area contributed by atoms with Crippen molar-refractivity contribution in [2.75, 3.05) is 0 Å². The molecule has 9 heteroatoms. The standard InChI is InChI=1S/C35H33FN6O2/c1-35(2,3)44-34(43)42-28-15-21(28)16-29(42)33-39-26-12-18(11-23(36)31(26)41-33)5-4-17-6-8-22-19(10-17)7-9-24-30(22)40-32(38-24)27-14-20-13-25(20)37-27/h6-12,20-21,25,27-29,37H,13-16H2,1-3H3,(H,38,40)(H,39,41)/t20-,21?,25-,27?,28?,29+/m1/s1. The molecule has 5 aromatic rings. The van der Waals surface area contributed by atoms with Gasteiger partial charge in [-0.3, -0.25) is 4.90 Å². The molecule has 2 saturated carbocycles. The van der Waals surface area contributed by atoms with Crippen LogP contribution in [0.15, 0.2) is 42.5 Å². The summed E-state index contributed by atoms with van der Waals surface area (Å²) in [5, 5.41) is 5.82. The molecule has 3 N–H and O–H groups in total. The lowest BCUT2D eigenvalue weighted by Crippen LogP contribution is -2.38. The summed E-state index contributed by atoms with van der Waals surface area (Å²) >= 11 is 0. The van der Waals surface area contributed by atoms with E-state index in [2.05, 4.69) is 56.4 Å². The van der Waals surface area contributed by atoms with E-state index in [0.717, 1.165) is 58.4 Å². The Morgan fingerprint density at radius 2 is 1.73 bits per heavy atom. The Morgan fingerprint density at radius 3 is 2.55 bits per heavy atom. The van der Waals surface area contributed by atoms with Crippen LogP contribution in [0.3, 0.4) is 0 Å². The molecule has 222 valence electrons. The highest BCUT2D eigenvalue weighted by atomic mass is 19.1. The van der Waals surface area contributed by atoms with Gasteiger partial charge in [-0.2, -0.15) is 0 Å². The zero-order chi connectivity index (χ0) is 29.9. The number of rotatable bonds is 2. The van der Waals surface area contributed by atoms with E-state index in [9.17, 15) is 4.79 Å². The van der Waals surface area contributed by atoms with E-state index in [-0.39, 0.29) is 23.7 Å². The number of aromatic amines is 2. The Bertz CT molecular complexity index is 2070. The van der Waals surface area contributed by atoms with Crippen molar-refractivity contribution in [2.24, 2.45) is 11.8 Å². The number of H-pyrrole nitrogens is 2. The van der Waals surface area contributed by atoms with Crippen LogP contribution >= 0.6 is 0 Å². The van der Waals surface area contributed by atoms with Gasteiger partial charge in [0, 0.05) is 28.6 Å². The van der Waals surface area contributed by atoms with E-state index in [1.165, 1.54) is 12.5 Å². The van der Waals surface area contributed by atoms with Crippen LogP contribution in [0.4, 0.5) is 9.18 Å². The first-order valence-corrected chi connectivity index (χ1v) is 15.6. The second-order valence-electron chi connectivity index (χ2n) is 14.0. The number of nitrogens with zero attached hydrogens (tertiary/aromatic N) is 3. The van der Waals surface area contributed by atoms with Gasteiger partial charge in [-0.15, -0.1) is 0 Å². The molecule has 8 nitrogen and oxygen atoms in total. The highest BCUT2D eigenvalue weighted by Crippen LogP contribution is 2.53. The zero-order valence-corrected chi connectivity index (χ0v) is 24.9. The van der Waals surface area contributed by atoms with E-state index in [1.807, 2.05) is 32.9 Å². The van der Waals surface area contributed by atoms with Crippen LogP contribution < -0.4 is 5.32 Å². The number of imidazole rings is 2. The molecule has 4 fully saturated rings. The fourth-order valence-corrected chi connectivity index (χ4v) is 7.34. The average molecular weight is 589 g/mol. The molecule has 9 rings (SSSR count). The molecule has 0 radical (unpaired) electrons. The molecule has 0 spiro atoms. The van der Waals surface area contributed by atoms with Crippen molar-refractivity contribution in [1.29, 1.82) is 0 Å². The number of amides is 1. The van der Waals surface area contributed by atoms with Crippen molar-refractivity contribution in [3.8, 4) is 11.8 Å². The summed E-state index contributed by atoms with van der Waals surface area (Å²) in [6.07, 6.45) is 3.88. The van der Waals surface area contributed by atoms with Crippen LogP contribution in [-0.4, -0.2) is 48.6 Å². The van der Waals surface area contributed by atoms with Gasteiger partial charge in [-0.25, -0.2) is 19.2 Å². The normalized spacial score (nSPS) is 27.0. The third-order valence-electron chi connectivity index (χ3n) is 9.63. The van der Waals surface area contributed by atoms with E-state index in [0.29, 0.717) is 34.9 Å². The van der Waals surface area contributed by atoms with Gasteiger partial charge in [0.1, 0.15) is 22.8 Å². The predicted molar refractivity (Wildman–Crippen MR) is 165 cm³/mol. The Hall–Kier alpha value is -4.42. The van der Waals surface area contributed by atoms with Crippen LogP contribution in [-0.2, 0) is 4.74 Å². The van der Waals surface area contributed by atoms with E-state index >= 15 is 4.39 Å². The summed E-state index contributed by atoms with van der Waals surface area (Å²) in [4.78, 5) is 31.2. The number of halogens is 1. The second kappa shape index (κ2) is 9.05. The van der Waals surface area contributed by atoms with Crippen molar-refractivity contribution in [1.82, 2.24) is 30.2 Å². The van der Waals surface area contributed by atoms with Crippen molar-refractivity contribution >= 4 is 38.9 Å². The second-order valence-corrected chi connectivity index (χ2v) is 14.0. The van der Waals surface area contributed by atoms with Gasteiger partial charge in [0.2, 0.25) is 0 Å². The minimum atomic E-state index is -0.588. The fourth-order valence-electron chi connectivity index (χ4n) is 7.34. The largest absolute Gasteiger partial charge is 0.444 e.